The summed E-state index contributed by atoms with van der Waals surface area (Å²) < 4.78 is 16.5. The standard InChI is InChI=1S/C24H32N6O3.C2H6/c1-4-28(5-2)12-13-30(22-10-11-25-24(26-22)29-14-16-32-17-15-29)23-18-21(27-33-23)19-6-8-20(31-3)9-7-19;1-2/h6-11,18H,4-5,12-17H2,1-3H3;1-2H3. The Morgan fingerprint density at radius 1 is 1.00 bits per heavy atom. The molecule has 1 aliphatic rings. The van der Waals surface area contributed by atoms with Crippen LogP contribution in [-0.2, 0) is 4.74 Å². The van der Waals surface area contributed by atoms with Crippen molar-refractivity contribution in [2.75, 3.05) is 69.4 Å². The lowest BCUT2D eigenvalue weighted by Gasteiger charge is -2.28. The van der Waals surface area contributed by atoms with Crippen LogP contribution in [0.15, 0.2) is 47.1 Å². The van der Waals surface area contributed by atoms with Crippen LogP contribution >= 0.6 is 0 Å². The molecule has 3 heterocycles. The molecule has 2 aromatic heterocycles. The molecule has 0 amide bonds. The summed E-state index contributed by atoms with van der Waals surface area (Å²) in [6.07, 6.45) is 1.80. The first-order valence-electron chi connectivity index (χ1n) is 12.5. The van der Waals surface area contributed by atoms with Crippen molar-refractivity contribution in [2.24, 2.45) is 0 Å². The van der Waals surface area contributed by atoms with Crippen LogP contribution in [0.1, 0.15) is 27.7 Å². The van der Waals surface area contributed by atoms with Gasteiger partial charge in [-0.1, -0.05) is 32.9 Å². The summed E-state index contributed by atoms with van der Waals surface area (Å²) in [7, 11) is 1.66. The Balaban J connectivity index is 0.00000167. The summed E-state index contributed by atoms with van der Waals surface area (Å²) in [6.45, 7) is 14.9. The van der Waals surface area contributed by atoms with Gasteiger partial charge >= 0.3 is 0 Å². The number of likely N-dealkylation sites (N-methyl/N-ethyl adjacent to an activating group) is 1. The molecule has 4 rings (SSSR count). The zero-order valence-electron chi connectivity index (χ0n) is 21.6. The van der Waals surface area contributed by atoms with E-state index in [4.69, 9.17) is 19.0 Å². The number of anilines is 3. The highest BCUT2D eigenvalue weighted by atomic mass is 16.5. The van der Waals surface area contributed by atoms with Crippen molar-refractivity contribution in [1.29, 1.82) is 0 Å². The Bertz CT molecular complexity index is 1000. The van der Waals surface area contributed by atoms with Gasteiger partial charge in [0, 0.05) is 44.0 Å². The molecule has 3 aromatic rings. The van der Waals surface area contributed by atoms with Crippen LogP contribution in [0.25, 0.3) is 11.3 Å². The number of hydrogen-bond donors (Lipinski definition) is 0. The Labute approximate surface area is 208 Å². The summed E-state index contributed by atoms with van der Waals surface area (Å²) in [5.74, 6) is 2.95. The van der Waals surface area contributed by atoms with Gasteiger partial charge in [-0.3, -0.25) is 4.90 Å². The maximum atomic E-state index is 5.81. The summed E-state index contributed by atoms with van der Waals surface area (Å²) >= 11 is 0. The Morgan fingerprint density at radius 3 is 2.37 bits per heavy atom. The molecule has 0 unspecified atom stereocenters. The first-order chi connectivity index (χ1) is 17.2. The number of morpholine rings is 1. The monoisotopic (exact) mass is 482 g/mol. The van der Waals surface area contributed by atoms with Gasteiger partial charge in [-0.15, -0.1) is 0 Å². The van der Waals surface area contributed by atoms with Crippen molar-refractivity contribution < 1.29 is 14.0 Å². The van der Waals surface area contributed by atoms with E-state index in [2.05, 4.69) is 38.7 Å². The molecular formula is C26H38N6O3. The van der Waals surface area contributed by atoms with E-state index in [9.17, 15) is 0 Å². The van der Waals surface area contributed by atoms with Gasteiger partial charge in [-0.25, -0.2) is 4.98 Å². The zero-order chi connectivity index (χ0) is 25.0. The average Bonchev–Trinajstić information content (AvgIpc) is 3.43. The van der Waals surface area contributed by atoms with Gasteiger partial charge in [-0.05, 0) is 43.4 Å². The molecule has 0 radical (unpaired) electrons. The molecule has 9 nitrogen and oxygen atoms in total. The minimum Gasteiger partial charge on any atom is -0.497 e. The van der Waals surface area contributed by atoms with Crippen molar-refractivity contribution in [2.45, 2.75) is 27.7 Å². The minimum absolute atomic E-state index is 0.652. The highest BCUT2D eigenvalue weighted by molar-refractivity contribution is 5.66. The van der Waals surface area contributed by atoms with Crippen LogP contribution in [0.2, 0.25) is 0 Å². The molecule has 190 valence electrons. The van der Waals surface area contributed by atoms with Gasteiger partial charge in [0.15, 0.2) is 0 Å². The third-order valence-electron chi connectivity index (χ3n) is 5.88. The molecule has 0 spiro atoms. The lowest BCUT2D eigenvalue weighted by atomic mass is 10.1. The maximum Gasteiger partial charge on any atom is 0.233 e. The molecule has 1 saturated heterocycles. The highest BCUT2D eigenvalue weighted by Crippen LogP contribution is 2.30. The first kappa shape index (κ1) is 26.4. The number of nitrogens with zero attached hydrogens (tertiary/aromatic N) is 6. The normalized spacial score (nSPS) is 13.4. The number of aromatic nitrogens is 3. The minimum atomic E-state index is 0.652. The molecule has 0 saturated carbocycles. The molecule has 0 atom stereocenters. The fourth-order valence-corrected chi connectivity index (χ4v) is 3.81. The Hall–Kier alpha value is -3.17. The average molecular weight is 483 g/mol. The summed E-state index contributed by atoms with van der Waals surface area (Å²) in [6, 6.07) is 11.7. The van der Waals surface area contributed by atoms with E-state index in [1.54, 1.807) is 13.3 Å². The van der Waals surface area contributed by atoms with E-state index >= 15 is 0 Å². The third-order valence-corrected chi connectivity index (χ3v) is 5.88. The molecule has 1 aliphatic heterocycles. The van der Waals surface area contributed by atoms with E-state index in [0.29, 0.717) is 25.0 Å². The first-order valence-corrected chi connectivity index (χ1v) is 12.5. The largest absolute Gasteiger partial charge is 0.497 e. The van der Waals surface area contributed by atoms with Crippen LogP contribution in [0.4, 0.5) is 17.7 Å². The fourth-order valence-electron chi connectivity index (χ4n) is 3.81. The second kappa shape index (κ2) is 13.7. The van der Waals surface area contributed by atoms with Crippen LogP contribution in [0, 0.1) is 0 Å². The van der Waals surface area contributed by atoms with E-state index in [0.717, 1.165) is 62.1 Å². The number of methoxy groups -OCH3 is 1. The SMILES string of the molecule is CC.CCN(CC)CCN(c1ccnc(N2CCOCC2)n1)c1cc(-c2ccc(OC)cc2)no1. The van der Waals surface area contributed by atoms with Crippen molar-refractivity contribution in [3.63, 3.8) is 0 Å². The molecule has 1 aromatic carbocycles. The lowest BCUT2D eigenvalue weighted by molar-refractivity contribution is 0.122. The van der Waals surface area contributed by atoms with Crippen LogP contribution in [-0.4, -0.2) is 79.6 Å². The number of ether oxygens (including phenoxy) is 2. The van der Waals surface area contributed by atoms with Gasteiger partial charge in [-0.2, -0.15) is 4.98 Å². The van der Waals surface area contributed by atoms with E-state index < -0.39 is 0 Å². The highest BCUT2D eigenvalue weighted by Gasteiger charge is 2.21. The van der Waals surface area contributed by atoms with Crippen LogP contribution < -0.4 is 14.5 Å². The zero-order valence-corrected chi connectivity index (χ0v) is 21.6. The van der Waals surface area contributed by atoms with E-state index in [-0.39, 0.29) is 0 Å². The number of benzene rings is 1. The smallest absolute Gasteiger partial charge is 0.233 e. The fraction of sp³-hybridized carbons (Fsp3) is 0.500. The predicted octanol–water partition coefficient (Wildman–Crippen LogP) is 4.48. The maximum absolute atomic E-state index is 5.81. The molecule has 35 heavy (non-hydrogen) atoms. The summed E-state index contributed by atoms with van der Waals surface area (Å²) in [4.78, 5) is 16.0. The molecule has 9 heteroatoms. The van der Waals surface area contributed by atoms with Crippen molar-refractivity contribution in [3.8, 4) is 17.0 Å². The second-order valence-corrected chi connectivity index (χ2v) is 7.77. The van der Waals surface area contributed by atoms with E-state index in [1.165, 1.54) is 0 Å². The topological polar surface area (TPSA) is 80.0 Å². The van der Waals surface area contributed by atoms with E-state index in [1.807, 2.05) is 50.2 Å². The van der Waals surface area contributed by atoms with Crippen LogP contribution in [0.3, 0.4) is 0 Å². The predicted molar refractivity (Wildman–Crippen MR) is 140 cm³/mol. The molecule has 0 N–H and O–H groups in total. The molecule has 1 fully saturated rings. The van der Waals surface area contributed by atoms with Gasteiger partial charge in [0.05, 0.1) is 20.3 Å². The van der Waals surface area contributed by atoms with Crippen molar-refractivity contribution in [3.05, 3.63) is 42.6 Å². The molecule has 0 bridgehead atoms. The van der Waals surface area contributed by atoms with Gasteiger partial charge in [0.2, 0.25) is 11.8 Å². The van der Waals surface area contributed by atoms with Crippen molar-refractivity contribution >= 4 is 17.7 Å². The van der Waals surface area contributed by atoms with Gasteiger partial charge < -0.3 is 23.8 Å². The number of rotatable bonds is 10. The molecule has 0 aliphatic carbocycles. The van der Waals surface area contributed by atoms with Gasteiger partial charge in [0.25, 0.3) is 0 Å². The van der Waals surface area contributed by atoms with Crippen molar-refractivity contribution in [1.82, 2.24) is 20.0 Å². The summed E-state index contributed by atoms with van der Waals surface area (Å²) in [5.41, 5.74) is 1.73. The third kappa shape index (κ3) is 6.93. The number of hydrogen-bond acceptors (Lipinski definition) is 9. The van der Waals surface area contributed by atoms with Gasteiger partial charge in [0.1, 0.15) is 17.3 Å². The quantitative estimate of drug-likeness (QED) is 0.415. The molecular weight excluding hydrogens is 444 g/mol. The summed E-state index contributed by atoms with van der Waals surface area (Å²) in [5, 5.41) is 4.33. The van der Waals surface area contributed by atoms with Crippen LogP contribution in [0.5, 0.6) is 5.75 Å². The Morgan fingerprint density at radius 2 is 1.71 bits per heavy atom. The Kier molecular flexibility index (Phi) is 10.3. The second-order valence-electron chi connectivity index (χ2n) is 7.77. The lowest BCUT2D eigenvalue weighted by Crippen LogP contribution is -2.38.